The molecular weight excluding hydrogens is 210 g/mol. The number of halogens is 1. The summed E-state index contributed by atoms with van der Waals surface area (Å²) in [4.78, 5) is 2.32. The van der Waals surface area contributed by atoms with Crippen molar-refractivity contribution in [2.45, 2.75) is 32.2 Å². The number of likely N-dealkylation sites (tertiary alicyclic amines) is 1. The second-order valence-corrected chi connectivity index (χ2v) is 6.52. The van der Waals surface area contributed by atoms with Gasteiger partial charge in [0, 0.05) is 16.7 Å². The van der Waals surface area contributed by atoms with Crippen LogP contribution in [0.25, 0.3) is 0 Å². The Balaban J connectivity index is 2.19. The van der Waals surface area contributed by atoms with Crippen LogP contribution >= 0.6 is 10.7 Å². The van der Waals surface area contributed by atoms with Crippen molar-refractivity contribution in [3.05, 3.63) is 0 Å². The minimum Gasteiger partial charge on any atom is -0.301 e. The van der Waals surface area contributed by atoms with Gasteiger partial charge >= 0.3 is 0 Å². The number of rotatable bonds is 4. The van der Waals surface area contributed by atoms with E-state index in [1.807, 2.05) is 0 Å². The highest BCUT2D eigenvalue weighted by Crippen LogP contribution is 2.16. The van der Waals surface area contributed by atoms with Crippen molar-refractivity contribution in [3.8, 4) is 0 Å². The van der Waals surface area contributed by atoms with Crippen molar-refractivity contribution in [1.82, 2.24) is 4.90 Å². The molecule has 78 valence electrons. The molecule has 1 atom stereocenters. The van der Waals surface area contributed by atoms with Gasteiger partial charge in [-0.05, 0) is 39.3 Å². The van der Waals surface area contributed by atoms with Crippen molar-refractivity contribution in [3.63, 3.8) is 0 Å². The zero-order valence-corrected chi connectivity index (χ0v) is 9.44. The average Bonchev–Trinajstić information content (AvgIpc) is 2.34. The van der Waals surface area contributed by atoms with E-state index in [0.717, 1.165) is 13.1 Å². The molecular formula is C8H16ClNO2S. The summed E-state index contributed by atoms with van der Waals surface area (Å²) in [6, 6.07) is 0.609. The monoisotopic (exact) mass is 225 g/mol. The standard InChI is InChI=1S/C8H16ClNO2S/c1-8-4-2-5-10(8)6-3-7-13(9,11)12/h8H,2-7H2,1H3/t8-/m0/s1. The van der Waals surface area contributed by atoms with Crippen LogP contribution < -0.4 is 0 Å². The van der Waals surface area contributed by atoms with Gasteiger partial charge in [-0.1, -0.05) is 0 Å². The molecule has 0 unspecified atom stereocenters. The maximum Gasteiger partial charge on any atom is 0.232 e. The van der Waals surface area contributed by atoms with Gasteiger partial charge in [0.1, 0.15) is 0 Å². The molecule has 0 aromatic rings. The normalized spacial score (nSPS) is 25.2. The summed E-state index contributed by atoms with van der Waals surface area (Å²) in [6.07, 6.45) is 3.11. The quantitative estimate of drug-likeness (QED) is 0.680. The van der Waals surface area contributed by atoms with E-state index >= 15 is 0 Å². The van der Waals surface area contributed by atoms with E-state index in [2.05, 4.69) is 11.8 Å². The first-order chi connectivity index (χ1) is 5.99. The molecule has 5 heteroatoms. The molecule has 0 saturated carbocycles. The molecule has 1 saturated heterocycles. The fourth-order valence-electron chi connectivity index (χ4n) is 1.76. The van der Waals surface area contributed by atoms with Crippen LogP contribution in [0.2, 0.25) is 0 Å². The summed E-state index contributed by atoms with van der Waals surface area (Å²) in [7, 11) is 1.82. The lowest BCUT2D eigenvalue weighted by Gasteiger charge is -2.20. The van der Waals surface area contributed by atoms with E-state index in [-0.39, 0.29) is 5.75 Å². The van der Waals surface area contributed by atoms with Crippen LogP contribution in [-0.4, -0.2) is 38.2 Å². The molecule has 0 amide bonds. The molecule has 0 aliphatic carbocycles. The maximum absolute atomic E-state index is 10.6. The highest BCUT2D eigenvalue weighted by molar-refractivity contribution is 8.13. The van der Waals surface area contributed by atoms with Crippen LogP contribution in [0.4, 0.5) is 0 Å². The molecule has 13 heavy (non-hydrogen) atoms. The molecule has 1 heterocycles. The lowest BCUT2D eigenvalue weighted by Crippen LogP contribution is -2.28. The lowest BCUT2D eigenvalue weighted by molar-refractivity contribution is 0.270. The van der Waals surface area contributed by atoms with Gasteiger partial charge in [0.05, 0.1) is 5.75 Å². The highest BCUT2D eigenvalue weighted by atomic mass is 35.7. The molecule has 0 aromatic heterocycles. The molecule has 1 aliphatic rings. The van der Waals surface area contributed by atoms with Gasteiger partial charge in [0.15, 0.2) is 0 Å². The zero-order chi connectivity index (χ0) is 9.90. The van der Waals surface area contributed by atoms with E-state index in [9.17, 15) is 8.42 Å². The first-order valence-corrected chi connectivity index (χ1v) is 7.13. The van der Waals surface area contributed by atoms with Crippen LogP contribution in [0, 0.1) is 0 Å². The predicted molar refractivity (Wildman–Crippen MR) is 54.5 cm³/mol. The summed E-state index contributed by atoms with van der Waals surface area (Å²) in [6.45, 7) is 4.14. The van der Waals surface area contributed by atoms with E-state index in [0.29, 0.717) is 12.5 Å². The first kappa shape index (κ1) is 11.3. The van der Waals surface area contributed by atoms with Crippen molar-refractivity contribution in [1.29, 1.82) is 0 Å². The Labute approximate surface area is 84.5 Å². The van der Waals surface area contributed by atoms with Gasteiger partial charge in [-0.25, -0.2) is 8.42 Å². The van der Waals surface area contributed by atoms with Gasteiger partial charge in [-0.2, -0.15) is 0 Å². The van der Waals surface area contributed by atoms with Crippen molar-refractivity contribution < 1.29 is 8.42 Å². The fourth-order valence-corrected chi connectivity index (χ4v) is 2.57. The van der Waals surface area contributed by atoms with Crippen LogP contribution in [0.15, 0.2) is 0 Å². The summed E-state index contributed by atoms with van der Waals surface area (Å²) in [5.41, 5.74) is 0. The summed E-state index contributed by atoms with van der Waals surface area (Å²) < 4.78 is 21.3. The SMILES string of the molecule is C[C@H]1CCCN1CCCS(=O)(=O)Cl. The summed E-state index contributed by atoms with van der Waals surface area (Å²) in [5.74, 6) is 0.0950. The second-order valence-electron chi connectivity index (χ2n) is 3.62. The third kappa shape index (κ3) is 4.29. The van der Waals surface area contributed by atoms with Crippen molar-refractivity contribution in [2.24, 2.45) is 0 Å². The predicted octanol–water partition coefficient (Wildman–Crippen LogP) is 1.43. The molecule has 1 fully saturated rings. The molecule has 0 spiro atoms. The topological polar surface area (TPSA) is 37.4 Å². The third-order valence-corrected chi connectivity index (χ3v) is 3.76. The van der Waals surface area contributed by atoms with Gasteiger partial charge in [0.25, 0.3) is 0 Å². The van der Waals surface area contributed by atoms with Crippen LogP contribution in [0.3, 0.4) is 0 Å². The van der Waals surface area contributed by atoms with Crippen molar-refractivity contribution >= 4 is 19.7 Å². The minimum absolute atomic E-state index is 0.0950. The molecule has 0 N–H and O–H groups in total. The molecule has 3 nitrogen and oxygen atoms in total. The Kier molecular flexibility index (Phi) is 4.01. The Morgan fingerprint density at radius 1 is 1.54 bits per heavy atom. The van der Waals surface area contributed by atoms with Gasteiger partial charge in [-0.15, -0.1) is 0 Å². The van der Waals surface area contributed by atoms with Gasteiger partial charge in [0.2, 0.25) is 9.05 Å². The van der Waals surface area contributed by atoms with Crippen LogP contribution in [0.5, 0.6) is 0 Å². The lowest BCUT2D eigenvalue weighted by atomic mass is 10.2. The maximum atomic E-state index is 10.6. The van der Waals surface area contributed by atoms with E-state index in [1.54, 1.807) is 0 Å². The summed E-state index contributed by atoms with van der Waals surface area (Å²) >= 11 is 0. The molecule has 0 bridgehead atoms. The van der Waals surface area contributed by atoms with E-state index in [1.165, 1.54) is 12.8 Å². The molecule has 0 radical (unpaired) electrons. The van der Waals surface area contributed by atoms with Crippen molar-refractivity contribution in [2.75, 3.05) is 18.8 Å². The Hall–Kier alpha value is 0.200. The van der Waals surface area contributed by atoms with E-state index in [4.69, 9.17) is 10.7 Å². The largest absolute Gasteiger partial charge is 0.301 e. The average molecular weight is 226 g/mol. The van der Waals surface area contributed by atoms with Crippen LogP contribution in [0.1, 0.15) is 26.2 Å². The first-order valence-electron chi connectivity index (χ1n) is 4.65. The number of nitrogens with zero attached hydrogens (tertiary/aromatic N) is 1. The highest BCUT2D eigenvalue weighted by Gasteiger charge is 2.19. The number of hydrogen-bond acceptors (Lipinski definition) is 3. The Bertz CT molecular complexity index is 253. The zero-order valence-electron chi connectivity index (χ0n) is 7.87. The second kappa shape index (κ2) is 4.62. The third-order valence-electron chi connectivity index (χ3n) is 2.52. The number of hydrogen-bond donors (Lipinski definition) is 0. The summed E-state index contributed by atoms with van der Waals surface area (Å²) in [5, 5.41) is 0. The minimum atomic E-state index is -3.29. The Morgan fingerprint density at radius 2 is 2.23 bits per heavy atom. The molecule has 0 aromatic carbocycles. The fraction of sp³-hybridized carbons (Fsp3) is 1.00. The van der Waals surface area contributed by atoms with Crippen LogP contribution in [-0.2, 0) is 9.05 Å². The molecule has 1 rings (SSSR count). The van der Waals surface area contributed by atoms with Gasteiger partial charge in [-0.3, -0.25) is 0 Å². The van der Waals surface area contributed by atoms with E-state index < -0.39 is 9.05 Å². The smallest absolute Gasteiger partial charge is 0.232 e. The Morgan fingerprint density at radius 3 is 2.69 bits per heavy atom. The molecule has 1 aliphatic heterocycles. The van der Waals surface area contributed by atoms with Gasteiger partial charge < -0.3 is 4.90 Å².